The van der Waals surface area contributed by atoms with Crippen molar-refractivity contribution in [3.63, 3.8) is 0 Å². The van der Waals surface area contributed by atoms with E-state index in [9.17, 15) is 9.18 Å². The normalized spacial score (nSPS) is 14.1. The van der Waals surface area contributed by atoms with Crippen LogP contribution >= 0.6 is 0 Å². The number of carbonyl (C=O) groups is 1. The molecule has 0 unspecified atom stereocenters. The zero-order valence-corrected chi connectivity index (χ0v) is 16.2. The predicted molar refractivity (Wildman–Crippen MR) is 108 cm³/mol. The summed E-state index contributed by atoms with van der Waals surface area (Å²) in [5.74, 6) is 0.00688. The van der Waals surface area contributed by atoms with Crippen LogP contribution in [0.5, 0.6) is 0 Å². The first-order chi connectivity index (χ1) is 14.0. The van der Waals surface area contributed by atoms with Crippen molar-refractivity contribution in [3.8, 4) is 11.1 Å². The van der Waals surface area contributed by atoms with E-state index in [-0.39, 0.29) is 11.7 Å². The number of hydrogen-bond donors (Lipinski definition) is 2. The fourth-order valence-corrected chi connectivity index (χ4v) is 3.23. The minimum Gasteiger partial charge on any atom is -0.378 e. The van der Waals surface area contributed by atoms with Gasteiger partial charge in [0.25, 0.3) is 0 Å². The second kappa shape index (κ2) is 7.96. The van der Waals surface area contributed by atoms with E-state index in [0.29, 0.717) is 37.9 Å². The first kappa shape index (κ1) is 19.0. The number of benzene rings is 1. The molecule has 0 saturated carbocycles. The number of aromatic nitrogens is 3. The molecule has 1 aliphatic heterocycles. The van der Waals surface area contributed by atoms with E-state index >= 15 is 0 Å². The van der Waals surface area contributed by atoms with Gasteiger partial charge in [0.2, 0.25) is 5.95 Å². The number of aryl methyl sites for hydroxylation is 1. The van der Waals surface area contributed by atoms with E-state index in [2.05, 4.69) is 25.6 Å². The zero-order valence-electron chi connectivity index (χ0n) is 16.2. The Morgan fingerprint density at radius 2 is 1.97 bits per heavy atom. The molecule has 0 atom stereocenters. The lowest BCUT2D eigenvalue weighted by molar-refractivity contribution is 0.0564. The second-order valence-corrected chi connectivity index (χ2v) is 6.76. The van der Waals surface area contributed by atoms with Crippen LogP contribution in [0.3, 0.4) is 0 Å². The standard InChI is InChI=1S/C20H21FN6O2/c1-12-7-16(21)17(25-20(28)27-3-5-29-6-4-27)9-15(12)13-8-14-11-24-19(22-2)26-18(14)23-10-13/h7-11H,3-6H2,1-2H3,(H,25,28)(H,22,23,24,26). The summed E-state index contributed by atoms with van der Waals surface area (Å²) in [6.07, 6.45) is 3.37. The third kappa shape index (κ3) is 3.95. The van der Waals surface area contributed by atoms with Crippen LogP contribution < -0.4 is 10.6 Å². The highest BCUT2D eigenvalue weighted by Gasteiger charge is 2.19. The topological polar surface area (TPSA) is 92.3 Å². The molecule has 0 spiro atoms. The van der Waals surface area contributed by atoms with E-state index < -0.39 is 5.82 Å². The molecular formula is C20H21FN6O2. The van der Waals surface area contributed by atoms with Gasteiger partial charge in [-0.2, -0.15) is 4.98 Å². The highest BCUT2D eigenvalue weighted by Crippen LogP contribution is 2.30. The fraction of sp³-hybridized carbons (Fsp3) is 0.300. The molecular weight excluding hydrogens is 375 g/mol. The molecule has 0 bridgehead atoms. The minimum atomic E-state index is -0.483. The SMILES string of the molecule is CNc1ncc2cc(-c3cc(NC(=O)N4CCOCC4)c(F)cc3C)cnc2n1. The summed E-state index contributed by atoms with van der Waals surface area (Å²) in [4.78, 5) is 27.0. The lowest BCUT2D eigenvalue weighted by Gasteiger charge is -2.27. The number of pyridine rings is 1. The number of morpholine rings is 1. The summed E-state index contributed by atoms with van der Waals surface area (Å²) in [5, 5.41) is 6.32. The van der Waals surface area contributed by atoms with Crippen molar-refractivity contribution in [2.45, 2.75) is 6.92 Å². The average molecular weight is 396 g/mol. The molecule has 3 heterocycles. The summed E-state index contributed by atoms with van der Waals surface area (Å²) in [6.45, 7) is 3.74. The van der Waals surface area contributed by atoms with Crippen molar-refractivity contribution in [1.29, 1.82) is 0 Å². The molecule has 1 fully saturated rings. The summed E-state index contributed by atoms with van der Waals surface area (Å²) < 4.78 is 19.8. The molecule has 1 saturated heterocycles. The number of anilines is 2. The molecule has 150 valence electrons. The van der Waals surface area contributed by atoms with Crippen molar-refractivity contribution >= 4 is 28.7 Å². The van der Waals surface area contributed by atoms with Crippen molar-refractivity contribution in [3.05, 3.63) is 42.0 Å². The van der Waals surface area contributed by atoms with Crippen LogP contribution in [0.15, 0.2) is 30.6 Å². The van der Waals surface area contributed by atoms with Crippen LogP contribution in [-0.4, -0.2) is 59.2 Å². The van der Waals surface area contributed by atoms with Gasteiger partial charge in [-0.1, -0.05) is 0 Å². The number of halogens is 1. The van der Waals surface area contributed by atoms with Crippen molar-refractivity contribution < 1.29 is 13.9 Å². The van der Waals surface area contributed by atoms with E-state index in [1.807, 2.05) is 13.0 Å². The maximum atomic E-state index is 14.5. The Hall–Kier alpha value is -3.33. The zero-order chi connectivity index (χ0) is 20.4. The molecule has 29 heavy (non-hydrogen) atoms. The molecule has 9 heteroatoms. The predicted octanol–water partition coefficient (Wildman–Crippen LogP) is 3.05. The molecule has 2 N–H and O–H groups in total. The molecule has 2 aromatic heterocycles. The van der Waals surface area contributed by atoms with Gasteiger partial charge in [0, 0.05) is 43.5 Å². The number of nitrogens with zero attached hydrogens (tertiary/aromatic N) is 4. The third-order valence-electron chi connectivity index (χ3n) is 4.82. The Morgan fingerprint density at radius 3 is 2.72 bits per heavy atom. The van der Waals surface area contributed by atoms with E-state index in [1.54, 1.807) is 30.4 Å². The number of rotatable bonds is 3. The maximum absolute atomic E-state index is 14.5. The minimum absolute atomic E-state index is 0.129. The lowest BCUT2D eigenvalue weighted by Crippen LogP contribution is -2.43. The second-order valence-electron chi connectivity index (χ2n) is 6.76. The van der Waals surface area contributed by atoms with Crippen LogP contribution in [0.4, 0.5) is 20.8 Å². The Morgan fingerprint density at radius 1 is 1.17 bits per heavy atom. The van der Waals surface area contributed by atoms with Gasteiger partial charge in [-0.15, -0.1) is 0 Å². The Kier molecular flexibility index (Phi) is 5.22. The quantitative estimate of drug-likeness (QED) is 0.707. The maximum Gasteiger partial charge on any atom is 0.322 e. The van der Waals surface area contributed by atoms with Gasteiger partial charge < -0.3 is 20.3 Å². The number of carbonyl (C=O) groups excluding carboxylic acids is 1. The molecule has 3 aromatic rings. The van der Waals surface area contributed by atoms with Gasteiger partial charge in [-0.05, 0) is 36.2 Å². The average Bonchev–Trinajstić information content (AvgIpc) is 2.75. The number of urea groups is 1. The summed E-state index contributed by atoms with van der Waals surface area (Å²) >= 11 is 0. The highest BCUT2D eigenvalue weighted by molar-refractivity contribution is 5.91. The van der Waals surface area contributed by atoms with Crippen molar-refractivity contribution in [2.24, 2.45) is 0 Å². The monoisotopic (exact) mass is 396 g/mol. The molecule has 1 aliphatic rings. The number of nitrogens with one attached hydrogen (secondary N) is 2. The molecule has 1 aromatic carbocycles. The summed E-state index contributed by atoms with van der Waals surface area (Å²) in [6, 6.07) is 4.60. The highest BCUT2D eigenvalue weighted by atomic mass is 19.1. The van der Waals surface area contributed by atoms with Gasteiger partial charge >= 0.3 is 6.03 Å². The first-order valence-corrected chi connectivity index (χ1v) is 9.30. The third-order valence-corrected chi connectivity index (χ3v) is 4.82. The van der Waals surface area contributed by atoms with E-state index in [1.165, 1.54) is 6.07 Å². The molecule has 0 aliphatic carbocycles. The van der Waals surface area contributed by atoms with Crippen molar-refractivity contribution in [1.82, 2.24) is 19.9 Å². The summed E-state index contributed by atoms with van der Waals surface area (Å²) in [7, 11) is 1.74. The van der Waals surface area contributed by atoms with Gasteiger partial charge in [0.05, 0.1) is 18.9 Å². The van der Waals surface area contributed by atoms with Gasteiger partial charge in [0.15, 0.2) is 5.65 Å². The Balaban J connectivity index is 1.66. The van der Waals surface area contributed by atoms with Crippen LogP contribution in [0.25, 0.3) is 22.2 Å². The van der Waals surface area contributed by atoms with Crippen molar-refractivity contribution in [2.75, 3.05) is 44.0 Å². The van der Waals surface area contributed by atoms with Crippen LogP contribution in [0.1, 0.15) is 5.56 Å². The van der Waals surface area contributed by atoms with Gasteiger partial charge in [0.1, 0.15) is 5.82 Å². The molecule has 8 nitrogen and oxygen atoms in total. The molecule has 0 radical (unpaired) electrons. The summed E-state index contributed by atoms with van der Waals surface area (Å²) in [5.41, 5.74) is 2.99. The van der Waals surface area contributed by atoms with Gasteiger partial charge in [-0.3, -0.25) is 0 Å². The van der Waals surface area contributed by atoms with Crippen LogP contribution in [0, 0.1) is 12.7 Å². The lowest BCUT2D eigenvalue weighted by atomic mass is 10.0. The molecule has 4 rings (SSSR count). The number of ether oxygens (including phenoxy) is 1. The van der Waals surface area contributed by atoms with Crippen LogP contribution in [-0.2, 0) is 4.74 Å². The van der Waals surface area contributed by atoms with E-state index in [0.717, 1.165) is 22.1 Å². The first-order valence-electron chi connectivity index (χ1n) is 9.30. The van der Waals surface area contributed by atoms with E-state index in [4.69, 9.17) is 4.74 Å². The number of amides is 2. The Labute approximate surface area is 167 Å². The largest absolute Gasteiger partial charge is 0.378 e. The van der Waals surface area contributed by atoms with Gasteiger partial charge in [-0.25, -0.2) is 19.2 Å². The number of fused-ring (bicyclic) bond motifs is 1. The Bertz CT molecular complexity index is 1070. The van der Waals surface area contributed by atoms with Crippen LogP contribution in [0.2, 0.25) is 0 Å². The smallest absolute Gasteiger partial charge is 0.322 e. The molecule has 2 amide bonds. The number of hydrogen-bond acceptors (Lipinski definition) is 6. The fourth-order valence-electron chi connectivity index (χ4n) is 3.23.